The molecular formula is C19H23ClN2O4. The van der Waals surface area contributed by atoms with Crippen molar-refractivity contribution in [1.82, 2.24) is 10.6 Å². The van der Waals surface area contributed by atoms with E-state index >= 15 is 0 Å². The molecule has 26 heavy (non-hydrogen) atoms. The maximum atomic E-state index is 12.3. The van der Waals surface area contributed by atoms with Gasteiger partial charge in [0.1, 0.15) is 11.9 Å². The molecule has 0 spiro atoms. The van der Waals surface area contributed by atoms with E-state index in [9.17, 15) is 9.59 Å². The summed E-state index contributed by atoms with van der Waals surface area (Å²) in [6, 6.07) is 6.90. The normalized spacial score (nSPS) is 32.0. The third-order valence-electron chi connectivity index (χ3n) is 5.48. The molecule has 1 heterocycles. The Kier molecular flexibility index (Phi) is 4.57. The molecular weight excluding hydrogens is 356 g/mol. The van der Waals surface area contributed by atoms with Gasteiger partial charge in [0.2, 0.25) is 5.91 Å². The number of rotatable bonds is 6. The average molecular weight is 379 g/mol. The molecule has 2 bridgehead atoms. The lowest BCUT2D eigenvalue weighted by Crippen LogP contribution is -2.84. The molecule has 3 aliphatic carbocycles. The molecule has 1 aliphatic heterocycles. The number of hydrogen-bond donors (Lipinski definition) is 2. The molecule has 2 amide bonds. The van der Waals surface area contributed by atoms with Crippen molar-refractivity contribution in [2.24, 2.45) is 0 Å². The van der Waals surface area contributed by atoms with Crippen LogP contribution in [0.25, 0.3) is 0 Å². The lowest BCUT2D eigenvalue weighted by molar-refractivity contribution is -0.158. The predicted molar refractivity (Wildman–Crippen MR) is 96.1 cm³/mol. The zero-order chi connectivity index (χ0) is 18.2. The number of amides is 2. The minimum atomic E-state index is -0.309. The van der Waals surface area contributed by atoms with Gasteiger partial charge in [0.25, 0.3) is 5.91 Å². The van der Waals surface area contributed by atoms with E-state index < -0.39 is 0 Å². The van der Waals surface area contributed by atoms with E-state index in [1.807, 2.05) is 0 Å². The van der Waals surface area contributed by atoms with Gasteiger partial charge in [-0.1, -0.05) is 11.6 Å². The van der Waals surface area contributed by atoms with E-state index in [2.05, 4.69) is 10.6 Å². The van der Waals surface area contributed by atoms with E-state index in [0.717, 1.165) is 38.5 Å². The Labute approximate surface area is 157 Å². The van der Waals surface area contributed by atoms with Gasteiger partial charge in [0.15, 0.2) is 6.61 Å². The molecule has 6 nitrogen and oxygen atoms in total. The third kappa shape index (κ3) is 3.53. The summed E-state index contributed by atoms with van der Waals surface area (Å²) in [5.74, 6) is 0.462. The SMILES string of the molecule is O=C(COc1ccc(Cl)cc1)NC12CC(NC(=O)C3CCCCO3)(C1)C2. The van der Waals surface area contributed by atoms with E-state index in [4.69, 9.17) is 21.1 Å². The van der Waals surface area contributed by atoms with E-state index in [1.165, 1.54) is 0 Å². The van der Waals surface area contributed by atoms with Crippen molar-refractivity contribution in [2.75, 3.05) is 13.2 Å². The van der Waals surface area contributed by atoms with Gasteiger partial charge in [-0.3, -0.25) is 9.59 Å². The van der Waals surface area contributed by atoms with Crippen LogP contribution in [0.15, 0.2) is 24.3 Å². The Morgan fingerprint density at radius 2 is 1.81 bits per heavy atom. The van der Waals surface area contributed by atoms with Crippen molar-refractivity contribution in [1.29, 1.82) is 0 Å². The molecule has 7 heteroatoms. The topological polar surface area (TPSA) is 76.7 Å². The number of benzene rings is 1. The molecule has 4 fully saturated rings. The molecule has 2 N–H and O–H groups in total. The first-order valence-electron chi connectivity index (χ1n) is 9.11. The minimum absolute atomic E-state index is 0.00426. The largest absolute Gasteiger partial charge is 0.484 e. The Morgan fingerprint density at radius 3 is 2.46 bits per heavy atom. The maximum Gasteiger partial charge on any atom is 0.258 e. The predicted octanol–water partition coefficient (Wildman–Crippen LogP) is 2.20. The smallest absolute Gasteiger partial charge is 0.258 e. The Hall–Kier alpha value is -1.79. The van der Waals surface area contributed by atoms with Crippen LogP contribution >= 0.6 is 11.6 Å². The van der Waals surface area contributed by atoms with Crippen molar-refractivity contribution in [3.8, 4) is 5.75 Å². The highest BCUT2D eigenvalue weighted by Crippen LogP contribution is 2.60. The van der Waals surface area contributed by atoms with E-state index in [0.29, 0.717) is 17.4 Å². The fourth-order valence-electron chi connectivity index (χ4n) is 4.35. The van der Waals surface area contributed by atoms with Crippen molar-refractivity contribution < 1.29 is 19.1 Å². The number of halogens is 1. The molecule has 1 unspecified atom stereocenters. The zero-order valence-electron chi connectivity index (χ0n) is 14.6. The standard InChI is InChI=1S/C19H23ClN2O4/c20-13-4-6-14(7-5-13)26-9-16(23)21-18-10-19(11-18,12-18)22-17(24)15-3-1-2-8-25-15/h4-7,15H,1-3,8-12H2,(H,21,23)(H,22,24). The molecule has 1 saturated heterocycles. The van der Waals surface area contributed by atoms with Gasteiger partial charge < -0.3 is 20.1 Å². The monoisotopic (exact) mass is 378 g/mol. The van der Waals surface area contributed by atoms with Crippen LogP contribution in [0.2, 0.25) is 5.02 Å². The third-order valence-corrected chi connectivity index (χ3v) is 5.73. The zero-order valence-corrected chi connectivity index (χ0v) is 15.3. The molecule has 0 aromatic heterocycles. The van der Waals surface area contributed by atoms with Crippen LogP contribution < -0.4 is 15.4 Å². The van der Waals surface area contributed by atoms with E-state index in [1.54, 1.807) is 24.3 Å². The summed E-state index contributed by atoms with van der Waals surface area (Å²) < 4.78 is 11.0. The van der Waals surface area contributed by atoms with Gasteiger partial charge in [-0.25, -0.2) is 0 Å². The maximum absolute atomic E-state index is 12.3. The fraction of sp³-hybridized carbons (Fsp3) is 0.579. The number of hydrogen-bond acceptors (Lipinski definition) is 4. The lowest BCUT2D eigenvalue weighted by atomic mass is 9.44. The molecule has 3 saturated carbocycles. The van der Waals surface area contributed by atoms with Crippen LogP contribution in [0.4, 0.5) is 0 Å². The average Bonchev–Trinajstić information content (AvgIpc) is 2.59. The van der Waals surface area contributed by atoms with Crippen LogP contribution in [0.1, 0.15) is 38.5 Å². The summed E-state index contributed by atoms with van der Waals surface area (Å²) in [4.78, 5) is 24.4. The molecule has 0 radical (unpaired) electrons. The Bertz CT molecular complexity index is 680. The van der Waals surface area contributed by atoms with Crippen LogP contribution in [0, 0.1) is 0 Å². The summed E-state index contributed by atoms with van der Waals surface area (Å²) >= 11 is 5.82. The van der Waals surface area contributed by atoms with Gasteiger partial charge in [-0.15, -0.1) is 0 Å². The van der Waals surface area contributed by atoms with Crippen molar-refractivity contribution in [3.63, 3.8) is 0 Å². The molecule has 1 aromatic rings. The molecule has 1 aromatic carbocycles. The highest BCUT2D eigenvalue weighted by atomic mass is 35.5. The number of nitrogens with one attached hydrogen (secondary N) is 2. The first kappa shape index (κ1) is 17.6. The number of ether oxygens (including phenoxy) is 2. The van der Waals surface area contributed by atoms with Crippen LogP contribution in [-0.2, 0) is 14.3 Å². The highest BCUT2D eigenvalue weighted by Gasteiger charge is 2.69. The van der Waals surface area contributed by atoms with Gasteiger partial charge in [-0.2, -0.15) is 0 Å². The first-order valence-corrected chi connectivity index (χ1v) is 9.49. The minimum Gasteiger partial charge on any atom is -0.484 e. The fourth-order valence-corrected chi connectivity index (χ4v) is 4.48. The van der Waals surface area contributed by atoms with Gasteiger partial charge in [-0.05, 0) is 62.8 Å². The van der Waals surface area contributed by atoms with Crippen molar-refractivity contribution in [2.45, 2.75) is 55.7 Å². The molecule has 5 rings (SSSR count). The second-order valence-corrected chi connectivity index (χ2v) is 8.16. The van der Waals surface area contributed by atoms with Crippen LogP contribution in [-0.4, -0.2) is 42.2 Å². The van der Waals surface area contributed by atoms with Gasteiger partial charge >= 0.3 is 0 Å². The summed E-state index contributed by atoms with van der Waals surface area (Å²) in [7, 11) is 0. The molecule has 140 valence electrons. The first-order chi connectivity index (χ1) is 12.5. The van der Waals surface area contributed by atoms with Crippen LogP contribution in [0.5, 0.6) is 5.75 Å². The van der Waals surface area contributed by atoms with E-state index in [-0.39, 0.29) is 35.6 Å². The van der Waals surface area contributed by atoms with Crippen LogP contribution in [0.3, 0.4) is 0 Å². The Morgan fingerprint density at radius 1 is 1.12 bits per heavy atom. The summed E-state index contributed by atoms with van der Waals surface area (Å²) in [6.45, 7) is 0.636. The number of carbonyl (C=O) groups is 2. The van der Waals surface area contributed by atoms with Gasteiger partial charge in [0, 0.05) is 22.7 Å². The molecule has 4 aliphatic rings. The number of carbonyl (C=O) groups excluding carboxylic acids is 2. The Balaban J connectivity index is 1.19. The second-order valence-electron chi connectivity index (χ2n) is 7.73. The summed E-state index contributed by atoms with van der Waals surface area (Å²) in [5, 5.41) is 6.80. The summed E-state index contributed by atoms with van der Waals surface area (Å²) in [6.07, 6.45) is 4.91. The van der Waals surface area contributed by atoms with Gasteiger partial charge in [0.05, 0.1) is 0 Å². The van der Waals surface area contributed by atoms with Crippen molar-refractivity contribution >= 4 is 23.4 Å². The quantitative estimate of drug-likeness (QED) is 0.795. The molecule has 1 atom stereocenters. The second kappa shape index (κ2) is 6.74. The summed E-state index contributed by atoms with van der Waals surface area (Å²) in [5.41, 5.74) is -0.330. The van der Waals surface area contributed by atoms with Crippen molar-refractivity contribution in [3.05, 3.63) is 29.3 Å². The highest BCUT2D eigenvalue weighted by molar-refractivity contribution is 6.30. The lowest BCUT2D eigenvalue weighted by Gasteiger charge is -2.70.